The third-order valence-corrected chi connectivity index (χ3v) is 3.45. The van der Waals surface area contributed by atoms with Crippen molar-refractivity contribution in [1.82, 2.24) is 0 Å². The van der Waals surface area contributed by atoms with Gasteiger partial charge in [-0.3, -0.25) is 0 Å². The minimum atomic E-state index is 0.263. The highest BCUT2D eigenvalue weighted by Crippen LogP contribution is 2.17. The summed E-state index contributed by atoms with van der Waals surface area (Å²) in [6.07, 6.45) is 0. The largest absolute Gasteiger partial charge is 0.185 e. The lowest BCUT2D eigenvalue weighted by Crippen LogP contribution is -2.09. The molecule has 0 aromatic heterocycles. The molecular formula is C7H7N3S3. The van der Waals surface area contributed by atoms with Crippen LogP contribution in [0.4, 0.5) is 0 Å². The van der Waals surface area contributed by atoms with E-state index >= 15 is 0 Å². The Labute approximate surface area is 90.5 Å². The van der Waals surface area contributed by atoms with Crippen LogP contribution in [0.25, 0.3) is 0 Å². The van der Waals surface area contributed by atoms with E-state index in [1.54, 1.807) is 0 Å². The fourth-order valence-corrected chi connectivity index (χ4v) is 2.70. The van der Waals surface area contributed by atoms with E-state index in [9.17, 15) is 0 Å². The van der Waals surface area contributed by atoms with E-state index in [0.717, 1.165) is 0 Å². The van der Waals surface area contributed by atoms with Gasteiger partial charge in [-0.2, -0.15) is 15.8 Å². The van der Waals surface area contributed by atoms with Gasteiger partial charge in [0.1, 0.15) is 16.2 Å². The monoisotopic (exact) mass is 229 g/mol. The Balaban J connectivity index is 3.70. The fraction of sp³-hybridized carbons (Fsp3) is 0.571. The molecule has 0 aromatic carbocycles. The maximum absolute atomic E-state index is 8.34. The van der Waals surface area contributed by atoms with Gasteiger partial charge in [0.15, 0.2) is 0 Å². The van der Waals surface area contributed by atoms with Crippen molar-refractivity contribution >= 4 is 35.3 Å². The van der Waals surface area contributed by atoms with Crippen LogP contribution in [-0.4, -0.2) is 17.3 Å². The molecule has 6 heteroatoms. The zero-order valence-electron chi connectivity index (χ0n) is 6.77. The first-order chi connectivity index (χ1) is 6.35. The Morgan fingerprint density at radius 3 is 1.31 bits per heavy atom. The zero-order valence-corrected chi connectivity index (χ0v) is 9.21. The number of nitriles is 3. The van der Waals surface area contributed by atoms with Crippen LogP contribution in [0.2, 0.25) is 0 Å². The lowest BCUT2D eigenvalue weighted by Gasteiger charge is -2.08. The van der Waals surface area contributed by atoms with Crippen molar-refractivity contribution in [3.63, 3.8) is 0 Å². The van der Waals surface area contributed by atoms with Gasteiger partial charge in [-0.25, -0.2) is 0 Å². The van der Waals surface area contributed by atoms with E-state index in [1.807, 2.05) is 16.2 Å². The van der Waals surface area contributed by atoms with E-state index in [2.05, 4.69) is 0 Å². The molecule has 0 amide bonds. The molecule has 0 unspecified atom stereocenters. The molecule has 0 spiro atoms. The molecule has 0 aromatic rings. The second kappa shape index (κ2) is 9.61. The average molecular weight is 229 g/mol. The van der Waals surface area contributed by atoms with Gasteiger partial charge in [0, 0.05) is 17.3 Å². The molecule has 0 aliphatic rings. The van der Waals surface area contributed by atoms with Crippen LogP contribution in [-0.2, 0) is 0 Å². The third-order valence-electron chi connectivity index (χ3n) is 1.15. The van der Waals surface area contributed by atoms with Crippen LogP contribution in [0.1, 0.15) is 0 Å². The summed E-state index contributed by atoms with van der Waals surface area (Å²) >= 11 is 3.53. The molecule has 0 atom stereocenters. The molecule has 0 fully saturated rings. The van der Waals surface area contributed by atoms with Crippen LogP contribution >= 0.6 is 35.3 Å². The summed E-state index contributed by atoms with van der Waals surface area (Å²) in [6.45, 7) is 0. The molecule has 0 saturated carbocycles. The van der Waals surface area contributed by atoms with Crippen molar-refractivity contribution in [2.45, 2.75) is 0 Å². The van der Waals surface area contributed by atoms with Crippen molar-refractivity contribution in [1.29, 1.82) is 15.8 Å². The number of hydrogen-bond acceptors (Lipinski definition) is 6. The Hall–Kier alpha value is -0.480. The highest BCUT2D eigenvalue weighted by Gasteiger charge is 2.09. The summed E-state index contributed by atoms with van der Waals surface area (Å²) in [5, 5.41) is 31.0. The average Bonchev–Trinajstić information content (AvgIpc) is 2.17. The van der Waals surface area contributed by atoms with Gasteiger partial charge in [0.2, 0.25) is 0 Å². The van der Waals surface area contributed by atoms with Crippen molar-refractivity contribution in [3.8, 4) is 16.2 Å². The van der Waals surface area contributed by atoms with E-state index in [1.165, 1.54) is 35.3 Å². The molecule has 0 bridgehead atoms. The molecule has 0 rings (SSSR count). The molecular weight excluding hydrogens is 222 g/mol. The number of thiocyanates is 3. The Morgan fingerprint density at radius 2 is 1.08 bits per heavy atom. The van der Waals surface area contributed by atoms with Gasteiger partial charge >= 0.3 is 0 Å². The first-order valence-electron chi connectivity index (χ1n) is 3.37. The van der Waals surface area contributed by atoms with Crippen LogP contribution < -0.4 is 0 Å². The topological polar surface area (TPSA) is 71.4 Å². The maximum Gasteiger partial charge on any atom is 0.133 e. The second-order valence-corrected chi connectivity index (χ2v) is 4.49. The van der Waals surface area contributed by atoms with Gasteiger partial charge in [0.25, 0.3) is 0 Å². The SMILES string of the molecule is N#CSCC(CSC#N)CSC#N. The third kappa shape index (κ3) is 7.87. The Kier molecular flexibility index (Phi) is 9.25. The van der Waals surface area contributed by atoms with Gasteiger partial charge in [-0.05, 0) is 41.2 Å². The molecule has 3 nitrogen and oxygen atoms in total. The van der Waals surface area contributed by atoms with E-state index in [0.29, 0.717) is 17.3 Å². The standard InChI is InChI=1S/C7H7N3S3/c8-4-11-1-7(2-12-5-9)3-13-6-10/h7H,1-3H2. The van der Waals surface area contributed by atoms with Gasteiger partial charge in [-0.1, -0.05) is 0 Å². The van der Waals surface area contributed by atoms with Crippen molar-refractivity contribution in [3.05, 3.63) is 0 Å². The predicted molar refractivity (Wildman–Crippen MR) is 57.7 cm³/mol. The molecule has 0 radical (unpaired) electrons. The fourth-order valence-electron chi connectivity index (χ4n) is 0.610. The first kappa shape index (κ1) is 12.5. The van der Waals surface area contributed by atoms with Gasteiger partial charge < -0.3 is 0 Å². The highest BCUT2D eigenvalue weighted by atomic mass is 32.2. The van der Waals surface area contributed by atoms with Gasteiger partial charge in [-0.15, -0.1) is 0 Å². The van der Waals surface area contributed by atoms with Crippen molar-refractivity contribution in [2.24, 2.45) is 5.92 Å². The van der Waals surface area contributed by atoms with Crippen LogP contribution in [0.5, 0.6) is 0 Å². The second-order valence-electron chi connectivity index (χ2n) is 2.07. The molecule has 0 aliphatic heterocycles. The summed E-state index contributed by atoms with van der Waals surface area (Å²) in [7, 11) is 0. The maximum atomic E-state index is 8.34. The van der Waals surface area contributed by atoms with Crippen LogP contribution in [0, 0.1) is 37.9 Å². The highest BCUT2D eigenvalue weighted by molar-refractivity contribution is 8.05. The molecule has 0 heterocycles. The summed E-state index contributed by atoms with van der Waals surface area (Å²) in [6, 6.07) is 0. The van der Waals surface area contributed by atoms with Gasteiger partial charge in [0.05, 0.1) is 0 Å². The van der Waals surface area contributed by atoms with E-state index < -0.39 is 0 Å². The Morgan fingerprint density at radius 1 is 0.769 bits per heavy atom. The van der Waals surface area contributed by atoms with Crippen LogP contribution in [0.3, 0.4) is 0 Å². The van der Waals surface area contributed by atoms with Crippen molar-refractivity contribution < 1.29 is 0 Å². The molecule has 0 N–H and O–H groups in total. The molecule has 0 aliphatic carbocycles. The number of hydrogen-bond donors (Lipinski definition) is 0. The summed E-state index contributed by atoms with van der Waals surface area (Å²) in [4.78, 5) is 0. The summed E-state index contributed by atoms with van der Waals surface area (Å²) < 4.78 is 0. The summed E-state index contributed by atoms with van der Waals surface area (Å²) in [5.74, 6) is 2.35. The number of rotatable bonds is 6. The zero-order chi connectivity index (χ0) is 9.94. The smallest absolute Gasteiger partial charge is 0.133 e. The van der Waals surface area contributed by atoms with E-state index in [4.69, 9.17) is 15.8 Å². The minimum Gasteiger partial charge on any atom is -0.185 e. The van der Waals surface area contributed by atoms with Crippen molar-refractivity contribution in [2.75, 3.05) is 17.3 Å². The quantitative estimate of drug-likeness (QED) is 0.650. The lowest BCUT2D eigenvalue weighted by atomic mass is 10.3. The first-order valence-corrected chi connectivity index (χ1v) is 6.33. The molecule has 0 saturated heterocycles. The molecule has 13 heavy (non-hydrogen) atoms. The van der Waals surface area contributed by atoms with E-state index in [-0.39, 0.29) is 5.92 Å². The number of thioether (sulfide) groups is 3. The number of nitrogens with zero attached hydrogens (tertiary/aromatic N) is 3. The minimum absolute atomic E-state index is 0.263. The summed E-state index contributed by atoms with van der Waals surface area (Å²) in [5.41, 5.74) is 0. The normalized spacial score (nSPS) is 8.77. The lowest BCUT2D eigenvalue weighted by molar-refractivity contribution is 0.782. The Bertz CT molecular complexity index is 204. The van der Waals surface area contributed by atoms with Crippen LogP contribution in [0.15, 0.2) is 0 Å². The molecule has 68 valence electrons. The predicted octanol–water partition coefficient (Wildman–Crippen LogP) is 2.25.